The first-order valence-corrected chi connectivity index (χ1v) is 7.84. The zero-order valence-electron chi connectivity index (χ0n) is 13.7. The topological polar surface area (TPSA) is 114 Å². The molecule has 1 heterocycles. The molecule has 0 aliphatic carbocycles. The molecule has 134 valence electrons. The van der Waals surface area contributed by atoms with Crippen molar-refractivity contribution in [3.8, 4) is 11.5 Å². The molecule has 8 heteroatoms. The molecule has 0 saturated carbocycles. The number of carboxylic acids is 1. The minimum atomic E-state index is -1.17. The number of hydrogen-bond acceptors (Lipinski definition) is 5. The van der Waals surface area contributed by atoms with Crippen molar-refractivity contribution in [1.82, 2.24) is 10.6 Å². The van der Waals surface area contributed by atoms with Crippen molar-refractivity contribution < 1.29 is 29.0 Å². The second kappa shape index (κ2) is 7.56. The number of nitrogens with one attached hydrogen (secondary N) is 2. The van der Waals surface area contributed by atoms with Crippen LogP contribution in [0.3, 0.4) is 0 Å². The number of hydrogen-bond donors (Lipinski definition) is 3. The van der Waals surface area contributed by atoms with Gasteiger partial charge in [-0.05, 0) is 30.3 Å². The van der Waals surface area contributed by atoms with Crippen LogP contribution in [0.2, 0.25) is 0 Å². The summed E-state index contributed by atoms with van der Waals surface area (Å²) >= 11 is 0. The number of aromatic carboxylic acids is 1. The molecule has 0 fully saturated rings. The first-order chi connectivity index (χ1) is 12.6. The van der Waals surface area contributed by atoms with E-state index in [9.17, 15) is 14.4 Å². The molecule has 0 aromatic heterocycles. The van der Waals surface area contributed by atoms with Crippen molar-refractivity contribution in [2.45, 2.75) is 0 Å². The van der Waals surface area contributed by atoms with Crippen LogP contribution < -0.4 is 20.1 Å². The molecule has 3 N–H and O–H groups in total. The lowest BCUT2D eigenvalue weighted by atomic mass is 10.1. The van der Waals surface area contributed by atoms with E-state index in [-0.39, 0.29) is 36.9 Å². The third-order valence-electron chi connectivity index (χ3n) is 3.73. The number of benzene rings is 2. The molecular formula is C18H16N2O6. The standard InChI is InChI=1S/C18H16N2O6/c21-16(11-5-6-14-15(9-11)26-10-25-14)19-7-8-20-17(22)12-3-1-2-4-13(12)18(23)24/h1-6,9H,7-8,10H2,(H,19,21)(H,20,22)(H,23,24). The van der Waals surface area contributed by atoms with E-state index in [4.69, 9.17) is 14.6 Å². The molecule has 0 unspecified atom stereocenters. The van der Waals surface area contributed by atoms with Gasteiger partial charge in [-0.2, -0.15) is 0 Å². The van der Waals surface area contributed by atoms with Gasteiger partial charge < -0.3 is 25.2 Å². The van der Waals surface area contributed by atoms with Crippen molar-refractivity contribution in [1.29, 1.82) is 0 Å². The van der Waals surface area contributed by atoms with Gasteiger partial charge in [0.2, 0.25) is 6.79 Å². The van der Waals surface area contributed by atoms with E-state index in [2.05, 4.69) is 10.6 Å². The molecule has 1 aliphatic rings. The largest absolute Gasteiger partial charge is 0.478 e. The molecule has 3 rings (SSSR count). The van der Waals surface area contributed by atoms with Gasteiger partial charge in [0.15, 0.2) is 11.5 Å². The number of fused-ring (bicyclic) bond motifs is 1. The Hall–Kier alpha value is -3.55. The minimum absolute atomic E-state index is 0.0714. The Balaban J connectivity index is 1.50. The van der Waals surface area contributed by atoms with Crippen LogP contribution in [-0.2, 0) is 0 Å². The molecule has 0 bridgehead atoms. The van der Waals surface area contributed by atoms with Gasteiger partial charge in [-0.3, -0.25) is 9.59 Å². The van der Waals surface area contributed by atoms with Crippen LogP contribution >= 0.6 is 0 Å². The summed E-state index contributed by atoms with van der Waals surface area (Å²) in [4.78, 5) is 35.3. The smallest absolute Gasteiger partial charge is 0.336 e. The molecule has 0 saturated heterocycles. The van der Waals surface area contributed by atoms with E-state index in [1.54, 1.807) is 30.3 Å². The Bertz CT molecular complexity index is 865. The monoisotopic (exact) mass is 356 g/mol. The fourth-order valence-electron chi connectivity index (χ4n) is 2.45. The van der Waals surface area contributed by atoms with Crippen molar-refractivity contribution in [2.75, 3.05) is 19.9 Å². The molecule has 0 radical (unpaired) electrons. The summed E-state index contributed by atoms with van der Waals surface area (Å²) in [6.07, 6.45) is 0. The summed E-state index contributed by atoms with van der Waals surface area (Å²) in [6.45, 7) is 0.474. The van der Waals surface area contributed by atoms with Crippen LogP contribution in [0.1, 0.15) is 31.1 Å². The second-order valence-corrected chi connectivity index (χ2v) is 5.43. The Morgan fingerprint density at radius 3 is 2.27 bits per heavy atom. The average Bonchev–Trinajstić information content (AvgIpc) is 3.12. The lowest BCUT2D eigenvalue weighted by Gasteiger charge is -2.09. The van der Waals surface area contributed by atoms with Gasteiger partial charge in [-0.1, -0.05) is 12.1 Å². The molecule has 0 spiro atoms. The van der Waals surface area contributed by atoms with Crippen molar-refractivity contribution in [3.63, 3.8) is 0 Å². The van der Waals surface area contributed by atoms with E-state index >= 15 is 0 Å². The Labute approximate surface area is 148 Å². The third kappa shape index (κ3) is 3.75. The maximum Gasteiger partial charge on any atom is 0.336 e. The highest BCUT2D eigenvalue weighted by Gasteiger charge is 2.17. The number of carbonyl (C=O) groups excluding carboxylic acids is 2. The lowest BCUT2D eigenvalue weighted by Crippen LogP contribution is -2.35. The predicted octanol–water partition coefficient (Wildman–Crippen LogP) is 1.27. The van der Waals surface area contributed by atoms with Crippen LogP contribution in [-0.4, -0.2) is 42.8 Å². The van der Waals surface area contributed by atoms with Crippen molar-refractivity contribution >= 4 is 17.8 Å². The molecule has 26 heavy (non-hydrogen) atoms. The van der Waals surface area contributed by atoms with E-state index in [0.29, 0.717) is 17.1 Å². The molecule has 1 aliphatic heterocycles. The zero-order chi connectivity index (χ0) is 18.5. The normalized spacial score (nSPS) is 11.7. The second-order valence-electron chi connectivity index (χ2n) is 5.43. The van der Waals surface area contributed by atoms with E-state index < -0.39 is 11.9 Å². The van der Waals surface area contributed by atoms with Gasteiger partial charge in [-0.15, -0.1) is 0 Å². The van der Waals surface area contributed by atoms with Gasteiger partial charge in [0.05, 0.1) is 11.1 Å². The van der Waals surface area contributed by atoms with Gasteiger partial charge in [0.1, 0.15) is 0 Å². The summed E-state index contributed by atoms with van der Waals surface area (Å²) in [5, 5.41) is 14.3. The first kappa shape index (κ1) is 17.3. The van der Waals surface area contributed by atoms with Crippen LogP contribution in [0.25, 0.3) is 0 Å². The van der Waals surface area contributed by atoms with Gasteiger partial charge >= 0.3 is 5.97 Å². The highest BCUT2D eigenvalue weighted by atomic mass is 16.7. The summed E-state index contributed by atoms with van der Waals surface area (Å²) < 4.78 is 10.4. The van der Waals surface area contributed by atoms with Gasteiger partial charge in [0, 0.05) is 18.7 Å². The van der Waals surface area contributed by atoms with Crippen LogP contribution in [0.4, 0.5) is 0 Å². The van der Waals surface area contributed by atoms with E-state index in [1.807, 2.05) is 0 Å². The Kier molecular flexibility index (Phi) is 5.02. The fraction of sp³-hybridized carbons (Fsp3) is 0.167. The lowest BCUT2D eigenvalue weighted by molar-refractivity contribution is 0.0691. The van der Waals surface area contributed by atoms with E-state index in [1.165, 1.54) is 12.1 Å². The van der Waals surface area contributed by atoms with Crippen LogP contribution in [0.15, 0.2) is 42.5 Å². The number of ether oxygens (including phenoxy) is 2. The Morgan fingerprint density at radius 2 is 1.54 bits per heavy atom. The molecule has 2 aromatic rings. The molecule has 8 nitrogen and oxygen atoms in total. The number of rotatable bonds is 6. The molecule has 0 atom stereocenters. The molecular weight excluding hydrogens is 340 g/mol. The maximum atomic E-state index is 12.1. The zero-order valence-corrected chi connectivity index (χ0v) is 13.7. The molecule has 2 amide bonds. The van der Waals surface area contributed by atoms with Crippen LogP contribution in [0.5, 0.6) is 11.5 Å². The average molecular weight is 356 g/mol. The van der Waals surface area contributed by atoms with Crippen molar-refractivity contribution in [3.05, 3.63) is 59.2 Å². The highest BCUT2D eigenvalue weighted by molar-refractivity contribution is 6.04. The highest BCUT2D eigenvalue weighted by Crippen LogP contribution is 2.32. The van der Waals surface area contributed by atoms with Gasteiger partial charge in [-0.25, -0.2) is 4.79 Å². The van der Waals surface area contributed by atoms with E-state index in [0.717, 1.165) is 0 Å². The summed E-state index contributed by atoms with van der Waals surface area (Å²) in [6, 6.07) is 10.8. The molecule has 2 aromatic carbocycles. The number of amides is 2. The van der Waals surface area contributed by atoms with Crippen molar-refractivity contribution in [2.24, 2.45) is 0 Å². The maximum absolute atomic E-state index is 12.1. The SMILES string of the molecule is O=C(NCCNC(=O)c1ccccc1C(=O)O)c1ccc2c(c1)OCO2. The summed E-state index contributed by atoms with van der Waals surface area (Å²) in [7, 11) is 0. The number of carboxylic acid groups (broad SMARTS) is 1. The fourth-order valence-corrected chi connectivity index (χ4v) is 2.45. The quantitative estimate of drug-likeness (QED) is 0.672. The first-order valence-electron chi connectivity index (χ1n) is 7.84. The number of carbonyl (C=O) groups is 3. The minimum Gasteiger partial charge on any atom is -0.478 e. The predicted molar refractivity (Wildman–Crippen MR) is 90.6 cm³/mol. The summed E-state index contributed by atoms with van der Waals surface area (Å²) in [5.41, 5.74) is 0.410. The summed E-state index contributed by atoms with van der Waals surface area (Å²) in [5.74, 6) is -0.905. The van der Waals surface area contributed by atoms with Crippen LogP contribution in [0, 0.1) is 0 Å². The van der Waals surface area contributed by atoms with Gasteiger partial charge in [0.25, 0.3) is 11.8 Å². The third-order valence-corrected chi connectivity index (χ3v) is 3.73. The Morgan fingerprint density at radius 1 is 0.885 bits per heavy atom.